The summed E-state index contributed by atoms with van der Waals surface area (Å²) in [5.41, 5.74) is 0. The minimum Gasteiger partial charge on any atom is -0.393 e. The lowest BCUT2D eigenvalue weighted by molar-refractivity contribution is 0.270. The summed E-state index contributed by atoms with van der Waals surface area (Å²) in [6, 6.07) is 0. The van der Waals surface area contributed by atoms with E-state index in [2.05, 4.69) is 0 Å². The van der Waals surface area contributed by atoms with Gasteiger partial charge in [0, 0.05) is 0 Å². The normalized spacial score (nSPS) is 15.0. The minimum atomic E-state index is -2.09. The van der Waals surface area contributed by atoms with E-state index in [1.165, 1.54) is 0 Å². The molecule has 1 nitrogen and oxygen atoms in total. The first-order valence-electron chi connectivity index (χ1n) is 2.49. The van der Waals surface area contributed by atoms with Gasteiger partial charge in [0.05, 0.1) is 6.61 Å². The number of aliphatic hydroxyl groups excluding tert-OH is 1. The molecule has 0 unspecified atom stereocenters. The Kier molecular flexibility index (Phi) is 4.94. The van der Waals surface area contributed by atoms with E-state index in [1.807, 2.05) is 0 Å². The Morgan fingerprint density at radius 2 is 1.17 bits per heavy atom. The molecule has 12 heavy (non-hydrogen) atoms. The van der Waals surface area contributed by atoms with Gasteiger partial charge in [-0.1, -0.05) is 81.2 Å². The molecule has 0 aromatic heterocycles. The number of aliphatic hydroxyl groups is 1. The summed E-state index contributed by atoms with van der Waals surface area (Å²) < 4.78 is -6.13. The third kappa shape index (κ3) is 2.74. The van der Waals surface area contributed by atoms with Crippen molar-refractivity contribution in [2.45, 2.75) is 12.5 Å². The van der Waals surface area contributed by atoms with E-state index in [4.69, 9.17) is 86.3 Å². The molecule has 8 heteroatoms. The van der Waals surface area contributed by atoms with Crippen LogP contribution >= 0.6 is 81.2 Å². The van der Waals surface area contributed by atoms with Crippen LogP contribution in [0.4, 0.5) is 0 Å². The molecule has 0 aromatic rings. The highest BCUT2D eigenvalue weighted by Crippen LogP contribution is 2.55. The van der Waals surface area contributed by atoms with Gasteiger partial charge in [-0.05, 0) is 0 Å². The van der Waals surface area contributed by atoms with Gasteiger partial charge in [0.2, 0.25) is 3.79 Å². The predicted molar refractivity (Wildman–Crippen MR) is 56.2 cm³/mol. The SMILES string of the molecule is OCC(Cl)(Cl)C(Cl)(Cl)C(Cl)(Cl)Cl. The molecule has 0 bridgehead atoms. The first-order valence-corrected chi connectivity index (χ1v) is 5.14. The van der Waals surface area contributed by atoms with Crippen molar-refractivity contribution in [3.63, 3.8) is 0 Å². The Labute approximate surface area is 105 Å². The van der Waals surface area contributed by atoms with Crippen molar-refractivity contribution in [2.75, 3.05) is 6.61 Å². The maximum atomic E-state index is 8.68. The maximum Gasteiger partial charge on any atom is 0.226 e. The summed E-state index contributed by atoms with van der Waals surface area (Å²) in [6.45, 7) is -0.739. The molecule has 0 saturated carbocycles. The zero-order valence-electron chi connectivity index (χ0n) is 5.30. The van der Waals surface area contributed by atoms with Crippen LogP contribution in [0.25, 0.3) is 0 Å². The Morgan fingerprint density at radius 3 is 1.25 bits per heavy atom. The summed E-state index contributed by atoms with van der Waals surface area (Å²) >= 11 is 38.2. The molecule has 0 saturated heterocycles. The molecule has 0 rings (SSSR count). The quantitative estimate of drug-likeness (QED) is 0.771. The topological polar surface area (TPSA) is 20.2 Å². The zero-order valence-corrected chi connectivity index (χ0v) is 10.6. The summed E-state index contributed by atoms with van der Waals surface area (Å²) in [6.07, 6.45) is 0. The van der Waals surface area contributed by atoms with E-state index in [1.54, 1.807) is 0 Å². The largest absolute Gasteiger partial charge is 0.393 e. The molecule has 0 atom stereocenters. The van der Waals surface area contributed by atoms with E-state index in [0.717, 1.165) is 0 Å². The average molecular weight is 315 g/mol. The predicted octanol–water partition coefficient (Wildman–Crippen LogP) is 3.70. The highest BCUT2D eigenvalue weighted by atomic mass is 35.6. The smallest absolute Gasteiger partial charge is 0.226 e. The molecule has 0 aliphatic rings. The number of hydrogen-bond acceptors (Lipinski definition) is 1. The fraction of sp³-hybridized carbons (Fsp3) is 1.00. The van der Waals surface area contributed by atoms with Gasteiger partial charge in [-0.25, -0.2) is 0 Å². The van der Waals surface area contributed by atoms with Crippen LogP contribution in [-0.4, -0.2) is 24.2 Å². The van der Waals surface area contributed by atoms with Crippen molar-refractivity contribution in [3.05, 3.63) is 0 Å². The molecule has 0 aliphatic heterocycles. The van der Waals surface area contributed by atoms with Crippen molar-refractivity contribution in [2.24, 2.45) is 0 Å². The van der Waals surface area contributed by atoms with E-state index >= 15 is 0 Å². The third-order valence-corrected chi connectivity index (χ3v) is 4.85. The summed E-state index contributed by atoms with van der Waals surface area (Å²) in [5, 5.41) is 8.68. The van der Waals surface area contributed by atoms with Crippen molar-refractivity contribution in [3.8, 4) is 0 Å². The second-order valence-electron chi connectivity index (χ2n) is 1.93. The first kappa shape index (κ1) is 14.0. The molecule has 0 aliphatic carbocycles. The van der Waals surface area contributed by atoms with E-state index in [9.17, 15) is 0 Å². The highest BCUT2D eigenvalue weighted by Gasteiger charge is 2.59. The van der Waals surface area contributed by atoms with Crippen LogP contribution in [0.5, 0.6) is 0 Å². The van der Waals surface area contributed by atoms with Crippen LogP contribution in [-0.2, 0) is 0 Å². The van der Waals surface area contributed by atoms with E-state index in [0.29, 0.717) is 0 Å². The van der Waals surface area contributed by atoms with Gasteiger partial charge in [0.25, 0.3) is 0 Å². The second kappa shape index (κ2) is 4.24. The minimum absolute atomic E-state index is 0.739. The van der Waals surface area contributed by atoms with Crippen LogP contribution in [0, 0.1) is 0 Å². The van der Waals surface area contributed by atoms with Gasteiger partial charge in [-0.15, -0.1) is 0 Å². The van der Waals surface area contributed by atoms with Crippen LogP contribution in [0.3, 0.4) is 0 Å². The molecule has 0 spiro atoms. The van der Waals surface area contributed by atoms with Crippen LogP contribution in [0.15, 0.2) is 0 Å². The fourth-order valence-corrected chi connectivity index (χ4v) is 1.48. The van der Waals surface area contributed by atoms with E-state index < -0.39 is 19.1 Å². The van der Waals surface area contributed by atoms with Gasteiger partial charge in [-0.2, -0.15) is 0 Å². The number of hydrogen-bond donors (Lipinski definition) is 1. The zero-order chi connectivity index (χ0) is 10.2. The lowest BCUT2D eigenvalue weighted by atomic mass is 10.3. The van der Waals surface area contributed by atoms with Crippen molar-refractivity contribution >= 4 is 81.2 Å². The van der Waals surface area contributed by atoms with Crippen LogP contribution in [0.2, 0.25) is 0 Å². The van der Waals surface area contributed by atoms with Gasteiger partial charge < -0.3 is 5.11 Å². The third-order valence-electron chi connectivity index (χ3n) is 1.01. The summed E-state index contributed by atoms with van der Waals surface area (Å²) in [4.78, 5) is 0. The average Bonchev–Trinajstić information content (AvgIpc) is 1.85. The number of alkyl halides is 7. The van der Waals surface area contributed by atoms with E-state index in [-0.39, 0.29) is 0 Å². The molecule has 74 valence electrons. The molecule has 0 radical (unpaired) electrons. The lowest BCUT2D eigenvalue weighted by Gasteiger charge is -2.36. The maximum absolute atomic E-state index is 8.68. The lowest BCUT2D eigenvalue weighted by Crippen LogP contribution is -2.49. The second-order valence-corrected chi connectivity index (χ2v) is 7.03. The molecule has 1 N–H and O–H groups in total. The van der Waals surface area contributed by atoms with Crippen LogP contribution in [0.1, 0.15) is 0 Å². The number of halogens is 7. The van der Waals surface area contributed by atoms with Gasteiger partial charge in [-0.3, -0.25) is 0 Å². The fourth-order valence-electron chi connectivity index (χ4n) is 0.307. The molecular formula is C4H3Cl7O. The van der Waals surface area contributed by atoms with Gasteiger partial charge >= 0.3 is 0 Å². The van der Waals surface area contributed by atoms with Crippen LogP contribution < -0.4 is 0 Å². The number of rotatable bonds is 2. The van der Waals surface area contributed by atoms with Crippen molar-refractivity contribution in [1.29, 1.82) is 0 Å². The summed E-state index contributed by atoms with van der Waals surface area (Å²) in [5.74, 6) is 0. The van der Waals surface area contributed by atoms with Gasteiger partial charge in [0.1, 0.15) is 0 Å². The molecule has 0 heterocycles. The Morgan fingerprint density at radius 1 is 0.833 bits per heavy atom. The Balaban J connectivity index is 4.85. The summed E-state index contributed by atoms with van der Waals surface area (Å²) in [7, 11) is 0. The molecule has 0 fully saturated rings. The van der Waals surface area contributed by atoms with Gasteiger partial charge in [0.15, 0.2) is 8.67 Å². The standard InChI is InChI=1S/C4H3Cl7O/c5-2(6,1-12)3(7,8)4(9,10)11/h12H,1H2. The highest BCUT2D eigenvalue weighted by molar-refractivity contribution is 6.78. The molecule has 0 amide bonds. The molecular weight excluding hydrogens is 312 g/mol. The monoisotopic (exact) mass is 312 g/mol. The Bertz CT molecular complexity index is 159. The van der Waals surface area contributed by atoms with Crippen molar-refractivity contribution in [1.82, 2.24) is 0 Å². The first-order chi connectivity index (χ1) is 5.06. The Hall–Kier alpha value is 1.99. The van der Waals surface area contributed by atoms with Crippen molar-refractivity contribution < 1.29 is 5.11 Å². The molecule has 0 aromatic carbocycles.